The first-order valence-electron chi connectivity index (χ1n) is 5.85. The van der Waals surface area contributed by atoms with Crippen LogP contribution in [0.1, 0.15) is 48.9 Å². The molecule has 16 heavy (non-hydrogen) atoms. The van der Waals surface area contributed by atoms with Crippen LogP contribution in [0.15, 0.2) is 0 Å². The van der Waals surface area contributed by atoms with Crippen LogP contribution in [-0.4, -0.2) is 12.1 Å². The number of thiazole rings is 1. The third kappa shape index (κ3) is 3.03. The molecule has 0 spiro atoms. The summed E-state index contributed by atoms with van der Waals surface area (Å²) in [5.74, 6) is 0.441. The number of aryl methyl sites for hydroxylation is 1. The summed E-state index contributed by atoms with van der Waals surface area (Å²) in [6.45, 7) is 7.05. The largest absolute Gasteiger partial charge is 0.374 e. The van der Waals surface area contributed by atoms with Gasteiger partial charge in [-0.2, -0.15) is 0 Å². The van der Waals surface area contributed by atoms with E-state index in [1.54, 1.807) is 18.4 Å². The molecule has 1 atom stereocenters. The van der Waals surface area contributed by atoms with Crippen LogP contribution in [0.25, 0.3) is 0 Å². The summed E-state index contributed by atoms with van der Waals surface area (Å²) in [7, 11) is 1.74. The summed E-state index contributed by atoms with van der Waals surface area (Å²) in [6.07, 6.45) is 2.22. The van der Waals surface area contributed by atoms with Gasteiger partial charge in [0.2, 0.25) is 0 Å². The van der Waals surface area contributed by atoms with Crippen LogP contribution in [0.3, 0.4) is 0 Å². The predicted molar refractivity (Wildman–Crippen MR) is 68.6 cm³/mol. The average molecular weight is 242 g/mol. The maximum absolute atomic E-state index is 5.74. The summed E-state index contributed by atoms with van der Waals surface area (Å²) in [6, 6.07) is 0. The maximum atomic E-state index is 5.74. The average Bonchev–Trinajstić information content (AvgIpc) is 2.62. The van der Waals surface area contributed by atoms with Crippen molar-refractivity contribution in [2.45, 2.75) is 46.3 Å². The first kappa shape index (κ1) is 13.6. The Hall–Kier alpha value is -0.450. The first-order valence-corrected chi connectivity index (χ1v) is 6.67. The lowest BCUT2D eigenvalue weighted by atomic mass is 10.1. The Kier molecular flexibility index (Phi) is 5.38. The summed E-state index contributed by atoms with van der Waals surface area (Å²) in [4.78, 5) is 5.88. The van der Waals surface area contributed by atoms with Gasteiger partial charge in [0.25, 0.3) is 0 Å². The van der Waals surface area contributed by atoms with Crippen LogP contribution in [0, 0.1) is 5.92 Å². The van der Waals surface area contributed by atoms with Gasteiger partial charge in [-0.15, -0.1) is 11.3 Å². The second-order valence-corrected chi connectivity index (χ2v) is 5.39. The molecule has 1 aromatic rings. The van der Waals surface area contributed by atoms with E-state index in [1.165, 1.54) is 4.88 Å². The Morgan fingerprint density at radius 1 is 1.44 bits per heavy atom. The zero-order valence-electron chi connectivity index (χ0n) is 10.6. The number of rotatable bonds is 6. The van der Waals surface area contributed by atoms with Crippen LogP contribution in [0.4, 0.5) is 0 Å². The van der Waals surface area contributed by atoms with Crippen molar-refractivity contribution < 1.29 is 4.74 Å². The number of nitrogens with zero attached hydrogens (tertiary/aromatic N) is 1. The van der Waals surface area contributed by atoms with Gasteiger partial charge in [0.1, 0.15) is 11.1 Å². The minimum Gasteiger partial charge on any atom is -0.374 e. The van der Waals surface area contributed by atoms with E-state index in [9.17, 15) is 0 Å². The maximum Gasteiger partial charge on any atom is 0.122 e. The van der Waals surface area contributed by atoms with E-state index in [0.29, 0.717) is 12.5 Å². The quantitative estimate of drug-likeness (QED) is 0.834. The number of hydrogen-bond acceptors (Lipinski definition) is 4. The standard InChI is InChI=1S/C12H22N2OS/c1-5-6-9-10(7-13)16-12(14-9)11(15-4)8(2)3/h8,11H,5-7,13H2,1-4H3. The van der Waals surface area contributed by atoms with Crippen molar-refractivity contribution in [3.05, 3.63) is 15.6 Å². The van der Waals surface area contributed by atoms with Crippen molar-refractivity contribution in [2.75, 3.05) is 7.11 Å². The summed E-state index contributed by atoms with van der Waals surface area (Å²) >= 11 is 1.70. The molecule has 0 aliphatic carbocycles. The molecule has 0 radical (unpaired) electrons. The van der Waals surface area contributed by atoms with Gasteiger partial charge in [-0.05, 0) is 12.3 Å². The fourth-order valence-corrected chi connectivity index (χ4v) is 3.02. The van der Waals surface area contributed by atoms with Crippen molar-refractivity contribution in [1.29, 1.82) is 0 Å². The second-order valence-electron chi connectivity index (χ2n) is 4.28. The van der Waals surface area contributed by atoms with Crippen LogP contribution in [-0.2, 0) is 17.7 Å². The molecular formula is C12H22N2OS. The fraction of sp³-hybridized carbons (Fsp3) is 0.750. The predicted octanol–water partition coefficient (Wildman–Crippen LogP) is 2.90. The van der Waals surface area contributed by atoms with Crippen molar-refractivity contribution in [2.24, 2.45) is 11.7 Å². The smallest absolute Gasteiger partial charge is 0.122 e. The van der Waals surface area contributed by atoms with Gasteiger partial charge in [0.05, 0.1) is 5.69 Å². The Balaban J connectivity index is 2.96. The fourth-order valence-electron chi connectivity index (χ4n) is 1.77. The lowest BCUT2D eigenvalue weighted by Gasteiger charge is -2.15. The van der Waals surface area contributed by atoms with Crippen LogP contribution < -0.4 is 5.73 Å². The minimum absolute atomic E-state index is 0.0981. The summed E-state index contributed by atoms with van der Waals surface area (Å²) in [5, 5.41) is 1.07. The third-order valence-corrected chi connectivity index (χ3v) is 3.75. The highest BCUT2D eigenvalue weighted by atomic mass is 32.1. The minimum atomic E-state index is 0.0981. The Labute approximate surface area is 102 Å². The zero-order valence-corrected chi connectivity index (χ0v) is 11.4. The molecule has 1 heterocycles. The van der Waals surface area contributed by atoms with Gasteiger partial charge in [-0.3, -0.25) is 0 Å². The molecule has 0 saturated carbocycles. The molecule has 0 aliphatic rings. The molecule has 0 aliphatic heterocycles. The molecule has 1 aromatic heterocycles. The second kappa shape index (κ2) is 6.33. The molecule has 0 fully saturated rings. The lowest BCUT2D eigenvalue weighted by molar-refractivity contribution is 0.0643. The number of hydrogen-bond donors (Lipinski definition) is 1. The summed E-state index contributed by atoms with van der Waals surface area (Å²) in [5.41, 5.74) is 6.90. The normalized spacial score (nSPS) is 13.4. The topological polar surface area (TPSA) is 48.1 Å². The van der Waals surface area contributed by atoms with Gasteiger partial charge < -0.3 is 10.5 Å². The highest BCUT2D eigenvalue weighted by Gasteiger charge is 2.20. The van der Waals surface area contributed by atoms with Gasteiger partial charge in [0, 0.05) is 18.5 Å². The highest BCUT2D eigenvalue weighted by molar-refractivity contribution is 7.11. The Morgan fingerprint density at radius 3 is 2.56 bits per heavy atom. The van der Waals surface area contributed by atoms with E-state index in [2.05, 4.69) is 25.8 Å². The molecular weight excluding hydrogens is 220 g/mol. The first-order chi connectivity index (χ1) is 7.63. The number of methoxy groups -OCH3 is 1. The zero-order chi connectivity index (χ0) is 12.1. The molecule has 0 bridgehead atoms. The summed E-state index contributed by atoms with van der Waals surface area (Å²) < 4.78 is 5.50. The highest BCUT2D eigenvalue weighted by Crippen LogP contribution is 2.31. The van der Waals surface area contributed by atoms with Gasteiger partial charge >= 0.3 is 0 Å². The SMILES string of the molecule is CCCc1nc(C(OC)C(C)C)sc1CN. The monoisotopic (exact) mass is 242 g/mol. The molecule has 1 rings (SSSR count). The molecule has 0 saturated heterocycles. The number of aromatic nitrogens is 1. The Bertz CT molecular complexity index is 323. The van der Waals surface area contributed by atoms with Crippen molar-refractivity contribution in [3.8, 4) is 0 Å². The van der Waals surface area contributed by atoms with Crippen molar-refractivity contribution in [3.63, 3.8) is 0 Å². The Morgan fingerprint density at radius 2 is 2.12 bits per heavy atom. The van der Waals surface area contributed by atoms with Crippen molar-refractivity contribution in [1.82, 2.24) is 4.98 Å². The number of nitrogens with two attached hydrogens (primary N) is 1. The van der Waals surface area contributed by atoms with Gasteiger partial charge in [0.15, 0.2) is 0 Å². The van der Waals surface area contributed by atoms with E-state index < -0.39 is 0 Å². The van der Waals surface area contributed by atoms with Crippen LogP contribution >= 0.6 is 11.3 Å². The van der Waals surface area contributed by atoms with Crippen molar-refractivity contribution >= 4 is 11.3 Å². The molecule has 0 aromatic carbocycles. The van der Waals surface area contributed by atoms with Gasteiger partial charge in [-0.1, -0.05) is 27.2 Å². The molecule has 2 N–H and O–H groups in total. The van der Waals surface area contributed by atoms with E-state index >= 15 is 0 Å². The number of ether oxygens (including phenoxy) is 1. The molecule has 1 unspecified atom stereocenters. The lowest BCUT2D eigenvalue weighted by Crippen LogP contribution is -2.08. The molecule has 92 valence electrons. The van der Waals surface area contributed by atoms with Crippen LogP contribution in [0.2, 0.25) is 0 Å². The van der Waals surface area contributed by atoms with E-state index in [-0.39, 0.29) is 6.10 Å². The van der Waals surface area contributed by atoms with E-state index in [1.807, 2.05) is 0 Å². The molecule has 0 amide bonds. The van der Waals surface area contributed by atoms with E-state index in [4.69, 9.17) is 10.5 Å². The third-order valence-electron chi connectivity index (χ3n) is 2.57. The molecule has 4 heteroatoms. The van der Waals surface area contributed by atoms with E-state index in [0.717, 1.165) is 23.5 Å². The molecule has 3 nitrogen and oxygen atoms in total. The van der Waals surface area contributed by atoms with Crippen LogP contribution in [0.5, 0.6) is 0 Å². The van der Waals surface area contributed by atoms with Gasteiger partial charge in [-0.25, -0.2) is 4.98 Å².